The molecule has 1 atom stereocenters. The Kier molecular flexibility index (Phi) is 9.31. The molecule has 0 aliphatic rings. The van der Waals surface area contributed by atoms with Crippen LogP contribution in [-0.2, 0) is 4.79 Å². The van der Waals surface area contributed by atoms with Crippen molar-refractivity contribution in [1.29, 1.82) is 0 Å². The van der Waals surface area contributed by atoms with Gasteiger partial charge in [-0.1, -0.05) is 57.5 Å². The van der Waals surface area contributed by atoms with E-state index < -0.39 is 0 Å². The zero-order valence-electron chi connectivity index (χ0n) is 13.4. The fraction of sp³-hybridized carbons (Fsp3) is 0.588. The lowest BCUT2D eigenvalue weighted by molar-refractivity contribution is -0.121. The van der Waals surface area contributed by atoms with Crippen LogP contribution in [0.2, 0.25) is 0 Å². The molecular weight excluding hydrogens is 284 g/mol. The summed E-state index contributed by atoms with van der Waals surface area (Å²) >= 11 is 0. The van der Waals surface area contributed by atoms with Gasteiger partial charge in [-0.05, 0) is 23.8 Å². The van der Waals surface area contributed by atoms with E-state index in [-0.39, 0.29) is 24.4 Å². The van der Waals surface area contributed by atoms with Crippen molar-refractivity contribution in [3.63, 3.8) is 0 Å². The highest BCUT2D eigenvalue weighted by molar-refractivity contribution is 5.85. The van der Waals surface area contributed by atoms with E-state index in [0.29, 0.717) is 11.8 Å². The first-order chi connectivity index (χ1) is 9.38. The highest BCUT2D eigenvalue weighted by Crippen LogP contribution is 2.21. The Bertz CT molecular complexity index is 401. The van der Waals surface area contributed by atoms with Gasteiger partial charge in [0, 0.05) is 19.0 Å². The van der Waals surface area contributed by atoms with Crippen molar-refractivity contribution in [2.24, 2.45) is 11.1 Å². The van der Waals surface area contributed by atoms with E-state index in [1.54, 1.807) is 0 Å². The minimum atomic E-state index is -0.217. The number of nitrogens with one attached hydrogen (secondary N) is 1. The molecule has 0 radical (unpaired) electrons. The Balaban J connectivity index is 0.00000400. The molecule has 0 aliphatic heterocycles. The predicted octanol–water partition coefficient (Wildman–Crippen LogP) is 3.83. The monoisotopic (exact) mass is 312 g/mol. The standard InChI is InChI=1S/C17H28N2O.ClH/c1-17(2,3)11-7-8-12-19-16(20)13-15(18)14-9-5-4-6-10-14;/h4-6,9-10,15H,7-8,11-13,18H2,1-3H3,(H,19,20);1H. The van der Waals surface area contributed by atoms with Crippen LogP contribution in [0.1, 0.15) is 58.1 Å². The molecular formula is C17H29ClN2O. The second kappa shape index (κ2) is 9.80. The fourth-order valence-corrected chi connectivity index (χ4v) is 2.10. The van der Waals surface area contributed by atoms with Gasteiger partial charge >= 0.3 is 0 Å². The number of carbonyl (C=O) groups is 1. The Hall–Kier alpha value is -1.06. The lowest BCUT2D eigenvalue weighted by atomic mass is 9.90. The lowest BCUT2D eigenvalue weighted by Crippen LogP contribution is -2.28. The van der Waals surface area contributed by atoms with Crippen LogP contribution in [0, 0.1) is 5.41 Å². The van der Waals surface area contributed by atoms with Crippen molar-refractivity contribution in [2.75, 3.05) is 6.54 Å². The van der Waals surface area contributed by atoms with Crippen molar-refractivity contribution < 1.29 is 4.79 Å². The summed E-state index contributed by atoms with van der Waals surface area (Å²) in [6, 6.07) is 9.54. The van der Waals surface area contributed by atoms with E-state index in [0.717, 1.165) is 24.9 Å². The second-order valence-electron chi connectivity index (χ2n) is 6.59. The minimum absolute atomic E-state index is 0. The van der Waals surface area contributed by atoms with Gasteiger partial charge in [0.1, 0.15) is 0 Å². The van der Waals surface area contributed by atoms with Crippen LogP contribution in [0.25, 0.3) is 0 Å². The zero-order valence-corrected chi connectivity index (χ0v) is 14.2. The molecule has 0 aliphatic carbocycles. The Morgan fingerprint density at radius 1 is 1.19 bits per heavy atom. The number of benzene rings is 1. The summed E-state index contributed by atoms with van der Waals surface area (Å²) in [7, 11) is 0. The Morgan fingerprint density at radius 3 is 2.38 bits per heavy atom. The summed E-state index contributed by atoms with van der Waals surface area (Å²) in [5, 5.41) is 2.95. The molecule has 0 saturated heterocycles. The summed E-state index contributed by atoms with van der Waals surface area (Å²) in [6.07, 6.45) is 3.72. The number of amides is 1. The molecule has 0 aromatic heterocycles. The topological polar surface area (TPSA) is 55.1 Å². The molecule has 1 aromatic carbocycles. The molecule has 0 heterocycles. The summed E-state index contributed by atoms with van der Waals surface area (Å²) in [6.45, 7) is 7.47. The van der Waals surface area contributed by atoms with Crippen molar-refractivity contribution in [2.45, 2.75) is 52.5 Å². The molecule has 120 valence electrons. The van der Waals surface area contributed by atoms with Crippen LogP contribution in [-0.4, -0.2) is 12.5 Å². The molecule has 4 heteroatoms. The number of nitrogens with two attached hydrogens (primary N) is 1. The fourth-order valence-electron chi connectivity index (χ4n) is 2.10. The molecule has 0 fully saturated rings. The van der Waals surface area contributed by atoms with Crippen LogP contribution < -0.4 is 11.1 Å². The highest BCUT2D eigenvalue weighted by Gasteiger charge is 2.11. The van der Waals surface area contributed by atoms with E-state index in [2.05, 4.69) is 26.1 Å². The van der Waals surface area contributed by atoms with Gasteiger partial charge in [0.05, 0.1) is 0 Å². The second-order valence-corrected chi connectivity index (χ2v) is 6.59. The van der Waals surface area contributed by atoms with Crippen molar-refractivity contribution in [3.05, 3.63) is 35.9 Å². The van der Waals surface area contributed by atoms with Crippen LogP contribution in [0.3, 0.4) is 0 Å². The molecule has 1 aromatic rings. The molecule has 1 amide bonds. The summed E-state index contributed by atoms with van der Waals surface area (Å²) in [5.41, 5.74) is 7.41. The summed E-state index contributed by atoms with van der Waals surface area (Å²) in [4.78, 5) is 11.8. The largest absolute Gasteiger partial charge is 0.356 e. The predicted molar refractivity (Wildman–Crippen MR) is 91.6 cm³/mol. The molecule has 3 N–H and O–H groups in total. The van der Waals surface area contributed by atoms with Gasteiger partial charge in [0.25, 0.3) is 0 Å². The third-order valence-electron chi connectivity index (χ3n) is 3.31. The molecule has 0 spiro atoms. The molecule has 1 rings (SSSR count). The van der Waals surface area contributed by atoms with Gasteiger partial charge in [-0.15, -0.1) is 12.4 Å². The highest BCUT2D eigenvalue weighted by atomic mass is 35.5. The Labute approximate surface area is 135 Å². The van der Waals surface area contributed by atoms with Crippen LogP contribution in [0.5, 0.6) is 0 Å². The Morgan fingerprint density at radius 2 is 1.81 bits per heavy atom. The zero-order chi connectivity index (χ0) is 15.0. The summed E-state index contributed by atoms with van der Waals surface area (Å²) < 4.78 is 0. The average Bonchev–Trinajstić information content (AvgIpc) is 2.38. The first kappa shape index (κ1) is 19.9. The minimum Gasteiger partial charge on any atom is -0.356 e. The molecule has 3 nitrogen and oxygen atoms in total. The third kappa shape index (κ3) is 9.48. The smallest absolute Gasteiger partial charge is 0.221 e. The number of rotatable bonds is 7. The quantitative estimate of drug-likeness (QED) is 0.752. The van der Waals surface area contributed by atoms with Crippen molar-refractivity contribution >= 4 is 18.3 Å². The first-order valence-electron chi connectivity index (χ1n) is 7.46. The normalized spacial score (nSPS) is 12.4. The van der Waals surface area contributed by atoms with Gasteiger partial charge in [0.15, 0.2) is 0 Å². The molecule has 0 saturated carbocycles. The summed E-state index contributed by atoms with van der Waals surface area (Å²) in [5.74, 6) is 0.0390. The van der Waals surface area contributed by atoms with Crippen LogP contribution >= 0.6 is 12.4 Å². The maximum absolute atomic E-state index is 11.8. The van der Waals surface area contributed by atoms with Crippen molar-refractivity contribution in [3.8, 4) is 0 Å². The number of unbranched alkanes of at least 4 members (excludes halogenated alkanes) is 1. The number of hydrogen-bond donors (Lipinski definition) is 2. The van der Waals surface area contributed by atoms with Gasteiger partial charge in [-0.25, -0.2) is 0 Å². The number of hydrogen-bond acceptors (Lipinski definition) is 2. The molecule has 1 unspecified atom stereocenters. The molecule has 21 heavy (non-hydrogen) atoms. The van der Waals surface area contributed by atoms with Gasteiger partial charge in [0.2, 0.25) is 5.91 Å². The van der Waals surface area contributed by atoms with Crippen molar-refractivity contribution in [1.82, 2.24) is 5.32 Å². The number of carbonyl (C=O) groups excluding carboxylic acids is 1. The maximum atomic E-state index is 11.8. The lowest BCUT2D eigenvalue weighted by Gasteiger charge is -2.17. The van der Waals surface area contributed by atoms with E-state index in [4.69, 9.17) is 5.73 Å². The van der Waals surface area contributed by atoms with E-state index >= 15 is 0 Å². The van der Waals surface area contributed by atoms with Gasteiger partial charge in [-0.2, -0.15) is 0 Å². The first-order valence-corrected chi connectivity index (χ1v) is 7.46. The van der Waals surface area contributed by atoms with E-state index in [9.17, 15) is 4.79 Å². The van der Waals surface area contributed by atoms with E-state index in [1.165, 1.54) is 6.42 Å². The van der Waals surface area contributed by atoms with Crippen LogP contribution in [0.15, 0.2) is 30.3 Å². The van der Waals surface area contributed by atoms with E-state index in [1.807, 2.05) is 30.3 Å². The maximum Gasteiger partial charge on any atom is 0.221 e. The van der Waals surface area contributed by atoms with Gasteiger partial charge < -0.3 is 11.1 Å². The number of halogens is 1. The molecule has 0 bridgehead atoms. The third-order valence-corrected chi connectivity index (χ3v) is 3.31. The average molecular weight is 313 g/mol. The SMILES string of the molecule is CC(C)(C)CCCCNC(=O)CC(N)c1ccccc1.Cl. The van der Waals surface area contributed by atoms with Gasteiger partial charge in [-0.3, -0.25) is 4.79 Å². The van der Waals surface area contributed by atoms with Crippen LogP contribution in [0.4, 0.5) is 0 Å².